The van der Waals surface area contributed by atoms with E-state index >= 15 is 0 Å². The smallest absolute Gasteiger partial charge is 0.211 e. The van der Waals surface area contributed by atoms with E-state index < -0.39 is 0 Å². The zero-order valence-electron chi connectivity index (χ0n) is 14.6. The van der Waals surface area contributed by atoms with Crippen LogP contribution in [-0.2, 0) is 23.2 Å². The van der Waals surface area contributed by atoms with Gasteiger partial charge in [0.25, 0.3) is 0 Å². The predicted octanol–water partition coefficient (Wildman–Crippen LogP) is 3.34. The molecular formula is C18H26N4O. The van der Waals surface area contributed by atoms with Crippen molar-refractivity contribution in [1.29, 1.82) is 0 Å². The van der Waals surface area contributed by atoms with E-state index in [1.807, 2.05) is 25.2 Å². The van der Waals surface area contributed by atoms with Crippen LogP contribution in [0.4, 0.5) is 11.5 Å². The fourth-order valence-electron chi connectivity index (χ4n) is 2.66. The largest absolute Gasteiger partial charge is 0.372 e. The number of hydrogen-bond donors (Lipinski definition) is 2. The van der Waals surface area contributed by atoms with Crippen LogP contribution in [0.3, 0.4) is 0 Å². The van der Waals surface area contributed by atoms with E-state index in [1.165, 1.54) is 16.8 Å². The number of aromatic nitrogens is 2. The van der Waals surface area contributed by atoms with Crippen molar-refractivity contribution in [2.75, 3.05) is 17.7 Å². The van der Waals surface area contributed by atoms with E-state index in [0.29, 0.717) is 6.41 Å². The Morgan fingerprint density at radius 1 is 1.22 bits per heavy atom. The maximum absolute atomic E-state index is 10.6. The number of rotatable bonds is 6. The fraction of sp³-hybridized carbons (Fsp3) is 0.444. The summed E-state index contributed by atoms with van der Waals surface area (Å²) >= 11 is 0. The molecule has 0 aliphatic heterocycles. The summed E-state index contributed by atoms with van der Waals surface area (Å²) in [5.74, 6) is 0.892. The molecule has 0 aliphatic rings. The van der Waals surface area contributed by atoms with Gasteiger partial charge in [-0.1, -0.05) is 6.07 Å². The zero-order chi connectivity index (χ0) is 17.0. The van der Waals surface area contributed by atoms with Crippen LogP contribution in [0, 0.1) is 6.92 Å². The van der Waals surface area contributed by atoms with Crippen molar-refractivity contribution in [3.05, 3.63) is 41.1 Å². The van der Waals surface area contributed by atoms with Gasteiger partial charge in [-0.2, -0.15) is 5.10 Å². The summed E-state index contributed by atoms with van der Waals surface area (Å²) < 4.78 is 2.09. The summed E-state index contributed by atoms with van der Waals surface area (Å²) in [7, 11) is 1.89. The van der Waals surface area contributed by atoms with Crippen molar-refractivity contribution in [2.45, 2.75) is 46.1 Å². The lowest BCUT2D eigenvalue weighted by Gasteiger charge is -2.22. The number of carbonyl (C=O) groups excluding carboxylic acids is 1. The molecule has 124 valence electrons. The normalized spacial score (nSPS) is 11.3. The number of nitrogens with one attached hydrogen (secondary N) is 2. The molecule has 2 aromatic rings. The molecule has 0 radical (unpaired) electrons. The van der Waals surface area contributed by atoms with Gasteiger partial charge >= 0.3 is 0 Å². The van der Waals surface area contributed by atoms with Crippen molar-refractivity contribution < 1.29 is 4.79 Å². The minimum atomic E-state index is -0.0552. The Hall–Kier alpha value is -2.30. The summed E-state index contributed by atoms with van der Waals surface area (Å²) in [6, 6.07) is 8.11. The summed E-state index contributed by atoms with van der Waals surface area (Å²) in [6.07, 6.45) is 2.52. The van der Waals surface area contributed by atoms with Gasteiger partial charge in [0.05, 0.1) is 5.54 Å². The molecular weight excluding hydrogens is 288 g/mol. The first-order chi connectivity index (χ1) is 10.8. The van der Waals surface area contributed by atoms with Crippen molar-refractivity contribution in [3.63, 3.8) is 0 Å². The average Bonchev–Trinajstić information content (AvgIpc) is 2.91. The Kier molecular flexibility index (Phi) is 5.08. The number of anilines is 2. The molecule has 2 N–H and O–H groups in total. The van der Waals surface area contributed by atoms with Gasteiger partial charge in [-0.05, 0) is 63.8 Å². The molecule has 5 nitrogen and oxygen atoms in total. The molecule has 1 aromatic carbocycles. The second-order valence-electron chi connectivity index (χ2n) is 6.76. The zero-order valence-corrected chi connectivity index (χ0v) is 14.6. The molecule has 0 unspecified atom stereocenters. The first-order valence-electron chi connectivity index (χ1n) is 7.92. The van der Waals surface area contributed by atoms with Crippen molar-refractivity contribution in [1.82, 2.24) is 9.78 Å². The van der Waals surface area contributed by atoms with E-state index in [9.17, 15) is 4.79 Å². The van der Waals surface area contributed by atoms with Crippen molar-refractivity contribution in [2.24, 2.45) is 0 Å². The molecule has 2 rings (SSSR count). The highest BCUT2D eigenvalue weighted by atomic mass is 16.1. The highest BCUT2D eigenvalue weighted by Crippen LogP contribution is 2.22. The molecule has 23 heavy (non-hydrogen) atoms. The van der Waals surface area contributed by atoms with E-state index in [-0.39, 0.29) is 5.54 Å². The van der Waals surface area contributed by atoms with E-state index in [2.05, 4.69) is 54.2 Å². The topological polar surface area (TPSA) is 58.9 Å². The molecule has 1 aromatic heterocycles. The predicted molar refractivity (Wildman–Crippen MR) is 95.0 cm³/mol. The van der Waals surface area contributed by atoms with Crippen LogP contribution in [0.15, 0.2) is 24.3 Å². The van der Waals surface area contributed by atoms with Gasteiger partial charge in [-0.15, -0.1) is 0 Å². The van der Waals surface area contributed by atoms with Crippen LogP contribution in [0.1, 0.15) is 37.6 Å². The fourth-order valence-corrected chi connectivity index (χ4v) is 2.66. The molecule has 0 saturated heterocycles. The first kappa shape index (κ1) is 17.1. The summed E-state index contributed by atoms with van der Waals surface area (Å²) in [6.45, 7) is 8.56. The van der Waals surface area contributed by atoms with Gasteiger partial charge in [-0.25, -0.2) is 0 Å². The third-order valence-corrected chi connectivity index (χ3v) is 3.90. The summed E-state index contributed by atoms with van der Waals surface area (Å²) in [4.78, 5) is 10.6. The molecule has 1 amide bonds. The number of hydrogen-bond acceptors (Lipinski definition) is 3. The first-order valence-corrected chi connectivity index (χ1v) is 7.92. The third kappa shape index (κ3) is 4.12. The molecule has 1 heterocycles. The Balaban J connectivity index is 2.22. The Morgan fingerprint density at radius 3 is 2.57 bits per heavy atom. The van der Waals surface area contributed by atoms with E-state index in [4.69, 9.17) is 0 Å². The maximum Gasteiger partial charge on any atom is 0.211 e. The molecule has 0 bridgehead atoms. The van der Waals surface area contributed by atoms with Gasteiger partial charge in [0.1, 0.15) is 5.82 Å². The third-order valence-electron chi connectivity index (χ3n) is 3.90. The molecule has 5 heteroatoms. The Bertz CT molecular complexity index is 683. The van der Waals surface area contributed by atoms with Crippen LogP contribution in [0.2, 0.25) is 0 Å². The lowest BCUT2D eigenvalue weighted by molar-refractivity contribution is -0.105. The second kappa shape index (κ2) is 6.86. The Morgan fingerprint density at radius 2 is 1.96 bits per heavy atom. The van der Waals surface area contributed by atoms with Gasteiger partial charge in [0, 0.05) is 24.5 Å². The number of nitrogens with zero attached hydrogens (tertiary/aromatic N) is 2. The molecule has 0 atom stereocenters. The lowest BCUT2D eigenvalue weighted by Crippen LogP contribution is -2.25. The number of carbonyl (C=O) groups is 1. The van der Waals surface area contributed by atoms with Gasteiger partial charge < -0.3 is 10.6 Å². The van der Waals surface area contributed by atoms with Gasteiger partial charge in [0.15, 0.2) is 0 Å². The molecule has 0 saturated carbocycles. The molecule has 0 fully saturated rings. The standard InChI is InChI=1S/C18H26N4O/c1-13-6-8-15(20-12-23)10-14(13)7-9-16-11-17(19-5)21-22(16)18(2,3)4/h6,8,10-12H,7,9H2,1-5H3,(H,19,21)(H,20,23). The number of aryl methyl sites for hydroxylation is 3. The van der Waals surface area contributed by atoms with Crippen molar-refractivity contribution >= 4 is 17.9 Å². The molecule has 0 aliphatic carbocycles. The van der Waals surface area contributed by atoms with E-state index in [1.54, 1.807) is 0 Å². The Labute approximate surface area is 138 Å². The van der Waals surface area contributed by atoms with Crippen molar-refractivity contribution in [3.8, 4) is 0 Å². The monoisotopic (exact) mass is 314 g/mol. The average molecular weight is 314 g/mol. The highest BCUT2D eigenvalue weighted by molar-refractivity contribution is 5.71. The van der Waals surface area contributed by atoms with Gasteiger partial charge in [-0.3, -0.25) is 9.48 Å². The van der Waals surface area contributed by atoms with Crippen LogP contribution >= 0.6 is 0 Å². The SMILES string of the molecule is CNc1cc(CCc2cc(NC=O)ccc2C)n(C(C)(C)C)n1. The van der Waals surface area contributed by atoms with Crippen LogP contribution < -0.4 is 10.6 Å². The van der Waals surface area contributed by atoms with E-state index in [0.717, 1.165) is 24.3 Å². The minimum absolute atomic E-state index is 0.0552. The summed E-state index contributed by atoms with van der Waals surface area (Å²) in [5.41, 5.74) is 4.46. The van der Waals surface area contributed by atoms with Crippen LogP contribution in [-0.4, -0.2) is 23.2 Å². The minimum Gasteiger partial charge on any atom is -0.372 e. The lowest BCUT2D eigenvalue weighted by atomic mass is 10.0. The quantitative estimate of drug-likeness (QED) is 0.804. The number of benzene rings is 1. The summed E-state index contributed by atoms with van der Waals surface area (Å²) in [5, 5.41) is 10.5. The van der Waals surface area contributed by atoms with Crippen LogP contribution in [0.5, 0.6) is 0 Å². The number of amides is 1. The van der Waals surface area contributed by atoms with Crippen LogP contribution in [0.25, 0.3) is 0 Å². The second-order valence-corrected chi connectivity index (χ2v) is 6.76. The maximum atomic E-state index is 10.6. The van der Waals surface area contributed by atoms with Gasteiger partial charge in [0.2, 0.25) is 6.41 Å². The molecule has 0 spiro atoms. The highest BCUT2D eigenvalue weighted by Gasteiger charge is 2.19.